The fourth-order valence-electron chi connectivity index (χ4n) is 5.84. The van der Waals surface area contributed by atoms with Crippen LogP contribution in [0.4, 0.5) is 0 Å². The van der Waals surface area contributed by atoms with Crippen LogP contribution in [0.25, 0.3) is 0 Å². The Bertz CT molecular complexity index is 568. The molecule has 0 radical (unpaired) electrons. The molecular weight excluding hydrogens is 260 g/mol. The summed E-state index contributed by atoms with van der Waals surface area (Å²) in [5.41, 5.74) is 7.92. The Morgan fingerprint density at radius 3 is 2.38 bits per heavy atom. The van der Waals surface area contributed by atoms with Crippen molar-refractivity contribution in [3.63, 3.8) is 0 Å². The van der Waals surface area contributed by atoms with Gasteiger partial charge >= 0.3 is 0 Å². The van der Waals surface area contributed by atoms with Gasteiger partial charge in [-0.05, 0) is 74.7 Å². The second-order valence-electron chi connectivity index (χ2n) is 8.04. The Morgan fingerprint density at radius 1 is 1.24 bits per heavy atom. The third-order valence-electron chi connectivity index (χ3n) is 6.48. The van der Waals surface area contributed by atoms with Gasteiger partial charge < -0.3 is 10.3 Å². The van der Waals surface area contributed by atoms with Gasteiger partial charge in [0.15, 0.2) is 0 Å². The molecule has 0 aromatic carbocycles. The van der Waals surface area contributed by atoms with E-state index in [-0.39, 0.29) is 11.6 Å². The fourth-order valence-corrected chi connectivity index (χ4v) is 5.84. The van der Waals surface area contributed by atoms with Gasteiger partial charge in [0.05, 0.1) is 0 Å². The lowest BCUT2D eigenvalue weighted by atomic mass is 9.48. The molecule has 0 saturated heterocycles. The van der Waals surface area contributed by atoms with Crippen LogP contribution in [0, 0.1) is 30.1 Å². The predicted octanol–water partition coefficient (Wildman–Crippen LogP) is 2.70. The van der Waals surface area contributed by atoms with E-state index >= 15 is 0 Å². The minimum Gasteiger partial charge on any atom is -0.326 e. The van der Waals surface area contributed by atoms with Crippen LogP contribution in [0.5, 0.6) is 0 Å². The average Bonchev–Trinajstić information content (AvgIpc) is 2.42. The minimum atomic E-state index is 0.123. The quantitative estimate of drug-likeness (QED) is 0.928. The standard InChI is InChI=1S/C18H26N2O/c1-12-3-2-4-20(17(12)21)11-16(19)18-8-13-5-14(9-18)7-15(6-13)10-18/h2-4,13-16H,5-11,19H2,1H3. The third-order valence-corrected chi connectivity index (χ3v) is 6.48. The van der Waals surface area contributed by atoms with Crippen molar-refractivity contribution in [2.75, 3.05) is 0 Å². The Labute approximate surface area is 126 Å². The number of aromatic nitrogens is 1. The smallest absolute Gasteiger partial charge is 0.253 e. The molecule has 1 unspecified atom stereocenters. The molecule has 4 fully saturated rings. The first-order valence-electron chi connectivity index (χ1n) is 8.47. The van der Waals surface area contributed by atoms with Crippen LogP contribution in [0.2, 0.25) is 0 Å². The molecule has 0 aliphatic heterocycles. The number of rotatable bonds is 3. The van der Waals surface area contributed by atoms with Crippen molar-refractivity contribution < 1.29 is 0 Å². The van der Waals surface area contributed by atoms with Crippen molar-refractivity contribution in [3.8, 4) is 0 Å². The highest BCUT2D eigenvalue weighted by Crippen LogP contribution is 2.61. The van der Waals surface area contributed by atoms with E-state index in [4.69, 9.17) is 5.73 Å². The second kappa shape index (κ2) is 4.70. The molecule has 4 aliphatic carbocycles. The molecule has 3 heteroatoms. The lowest BCUT2D eigenvalue weighted by Crippen LogP contribution is -2.56. The lowest BCUT2D eigenvalue weighted by Gasteiger charge is -2.59. The van der Waals surface area contributed by atoms with Crippen molar-refractivity contribution in [2.45, 2.75) is 58.0 Å². The topological polar surface area (TPSA) is 48.0 Å². The molecule has 2 N–H and O–H groups in total. The number of hydrogen-bond acceptors (Lipinski definition) is 2. The summed E-state index contributed by atoms with van der Waals surface area (Å²) in [4.78, 5) is 12.2. The van der Waals surface area contributed by atoms with Crippen molar-refractivity contribution in [1.82, 2.24) is 4.57 Å². The van der Waals surface area contributed by atoms with Crippen molar-refractivity contribution >= 4 is 0 Å². The van der Waals surface area contributed by atoms with Gasteiger partial charge in [0.25, 0.3) is 5.56 Å². The zero-order valence-corrected chi connectivity index (χ0v) is 12.9. The molecule has 1 aromatic heterocycles. The molecule has 21 heavy (non-hydrogen) atoms. The highest BCUT2D eigenvalue weighted by atomic mass is 16.1. The van der Waals surface area contributed by atoms with Gasteiger partial charge in [-0.2, -0.15) is 0 Å². The Morgan fingerprint density at radius 2 is 1.81 bits per heavy atom. The van der Waals surface area contributed by atoms with Gasteiger partial charge in [0.2, 0.25) is 0 Å². The van der Waals surface area contributed by atoms with Crippen LogP contribution in [0.1, 0.15) is 44.1 Å². The highest BCUT2D eigenvalue weighted by Gasteiger charge is 2.53. The van der Waals surface area contributed by atoms with E-state index in [2.05, 4.69) is 0 Å². The minimum absolute atomic E-state index is 0.123. The number of pyridine rings is 1. The summed E-state index contributed by atoms with van der Waals surface area (Å²) in [6, 6.07) is 3.98. The first-order chi connectivity index (χ1) is 10.1. The molecule has 1 atom stereocenters. The Hall–Kier alpha value is -1.09. The van der Waals surface area contributed by atoms with E-state index in [9.17, 15) is 4.79 Å². The summed E-state index contributed by atoms with van der Waals surface area (Å²) in [7, 11) is 0. The van der Waals surface area contributed by atoms with Crippen LogP contribution < -0.4 is 11.3 Å². The van der Waals surface area contributed by atoms with E-state index in [0.29, 0.717) is 12.0 Å². The Balaban J connectivity index is 1.59. The van der Waals surface area contributed by atoms with E-state index in [1.54, 1.807) is 0 Å². The zero-order valence-electron chi connectivity index (χ0n) is 12.9. The molecule has 3 nitrogen and oxygen atoms in total. The summed E-state index contributed by atoms with van der Waals surface area (Å²) < 4.78 is 1.83. The largest absolute Gasteiger partial charge is 0.326 e. The molecule has 5 rings (SSSR count). The maximum absolute atomic E-state index is 12.2. The van der Waals surface area contributed by atoms with E-state index in [1.165, 1.54) is 38.5 Å². The van der Waals surface area contributed by atoms with Crippen molar-refractivity contribution in [1.29, 1.82) is 0 Å². The normalized spacial score (nSPS) is 38.7. The summed E-state index contributed by atoms with van der Waals surface area (Å²) in [5, 5.41) is 0. The van der Waals surface area contributed by atoms with Gasteiger partial charge in [0, 0.05) is 24.3 Å². The third kappa shape index (κ3) is 2.17. The summed E-state index contributed by atoms with van der Waals surface area (Å²) in [5.74, 6) is 2.74. The summed E-state index contributed by atoms with van der Waals surface area (Å²) in [6.07, 6.45) is 10.1. The van der Waals surface area contributed by atoms with Crippen molar-refractivity contribution in [3.05, 3.63) is 34.2 Å². The first kappa shape index (κ1) is 13.6. The van der Waals surface area contributed by atoms with Gasteiger partial charge in [-0.3, -0.25) is 4.79 Å². The molecule has 1 heterocycles. The monoisotopic (exact) mass is 286 g/mol. The molecular formula is C18H26N2O. The molecule has 0 spiro atoms. The average molecular weight is 286 g/mol. The summed E-state index contributed by atoms with van der Waals surface area (Å²) >= 11 is 0. The Kier molecular flexibility index (Phi) is 3.04. The lowest BCUT2D eigenvalue weighted by molar-refractivity contribution is -0.0695. The van der Waals surface area contributed by atoms with E-state index < -0.39 is 0 Å². The van der Waals surface area contributed by atoms with Gasteiger partial charge in [-0.25, -0.2) is 0 Å². The van der Waals surface area contributed by atoms with Gasteiger partial charge in [-0.15, -0.1) is 0 Å². The fraction of sp³-hybridized carbons (Fsp3) is 0.722. The number of aryl methyl sites for hydroxylation is 1. The SMILES string of the molecule is Cc1cccn(CC(N)C23CC4CC(CC(C4)C2)C3)c1=O. The maximum atomic E-state index is 12.2. The number of hydrogen-bond donors (Lipinski definition) is 1. The van der Waals surface area contributed by atoms with E-state index in [1.807, 2.05) is 29.8 Å². The van der Waals surface area contributed by atoms with E-state index in [0.717, 1.165) is 23.3 Å². The molecule has 4 saturated carbocycles. The van der Waals surface area contributed by atoms with Crippen LogP contribution >= 0.6 is 0 Å². The van der Waals surface area contributed by atoms with Gasteiger partial charge in [-0.1, -0.05) is 6.07 Å². The van der Waals surface area contributed by atoms with Crippen LogP contribution in [-0.2, 0) is 6.54 Å². The van der Waals surface area contributed by atoms with Crippen LogP contribution in [-0.4, -0.2) is 10.6 Å². The molecule has 1 aromatic rings. The van der Waals surface area contributed by atoms with Crippen LogP contribution in [0.3, 0.4) is 0 Å². The molecule has 0 amide bonds. The van der Waals surface area contributed by atoms with Gasteiger partial charge in [0.1, 0.15) is 0 Å². The predicted molar refractivity (Wildman–Crippen MR) is 84.0 cm³/mol. The highest BCUT2D eigenvalue weighted by molar-refractivity contribution is 5.09. The van der Waals surface area contributed by atoms with Crippen molar-refractivity contribution in [2.24, 2.45) is 28.9 Å². The number of nitrogens with zero attached hydrogens (tertiary/aromatic N) is 1. The molecule has 4 bridgehead atoms. The van der Waals surface area contributed by atoms with Crippen LogP contribution in [0.15, 0.2) is 23.1 Å². The molecule has 4 aliphatic rings. The maximum Gasteiger partial charge on any atom is 0.253 e. The zero-order chi connectivity index (χ0) is 14.6. The number of nitrogens with two attached hydrogens (primary N) is 1. The first-order valence-corrected chi connectivity index (χ1v) is 8.47. The molecule has 114 valence electrons. The summed E-state index contributed by atoms with van der Waals surface area (Å²) in [6.45, 7) is 2.57. The second-order valence-corrected chi connectivity index (χ2v) is 8.04.